The lowest BCUT2D eigenvalue weighted by atomic mass is 9.79. The third kappa shape index (κ3) is 7.28. The molecule has 3 heterocycles. The maximum Gasteiger partial charge on any atom is 0.407 e. The zero-order chi connectivity index (χ0) is 39.9. The van der Waals surface area contributed by atoms with Gasteiger partial charge < -0.3 is 34.5 Å². The fourth-order valence-corrected chi connectivity index (χ4v) is 8.58. The van der Waals surface area contributed by atoms with Gasteiger partial charge in [-0.15, -0.1) is 0 Å². The van der Waals surface area contributed by atoms with E-state index in [1.807, 2.05) is 32.9 Å². The number of ether oxygens (including phenoxy) is 3. The molecule has 1 saturated heterocycles. The molecule has 1 fully saturated rings. The number of anilines is 2. The average molecular weight is 789 g/mol. The molecular weight excluding hydrogens is 741 g/mol. The second-order valence-electron chi connectivity index (χ2n) is 14.7. The van der Waals surface area contributed by atoms with Gasteiger partial charge in [-0.3, -0.25) is 14.7 Å². The lowest BCUT2D eigenvalue weighted by molar-refractivity contribution is 0.0982. The van der Waals surface area contributed by atoms with Gasteiger partial charge in [0.05, 0.1) is 59.7 Å². The zero-order valence-corrected chi connectivity index (χ0v) is 33.9. The highest BCUT2D eigenvalue weighted by Crippen LogP contribution is 2.46. The topological polar surface area (TPSA) is 132 Å². The van der Waals surface area contributed by atoms with Crippen LogP contribution in [0.2, 0.25) is 10.0 Å². The van der Waals surface area contributed by atoms with Gasteiger partial charge in [0.25, 0.3) is 5.56 Å². The number of nitrogen functional groups attached to an aromatic ring is 1. The Labute approximate surface area is 331 Å². The molecule has 0 saturated carbocycles. The average Bonchev–Trinajstić information content (AvgIpc) is 3.14. The number of aryl methyl sites for hydroxylation is 1. The number of carbonyl (C=O) groups is 1. The number of hydrogen-bond donors (Lipinski definition) is 2. The van der Waals surface area contributed by atoms with E-state index in [-0.39, 0.29) is 27.7 Å². The second-order valence-corrected chi connectivity index (χ2v) is 15.4. The number of nitrogens with two attached hydrogens (primary N) is 1. The molecule has 5 aromatic rings. The Morgan fingerprint density at radius 1 is 0.927 bits per heavy atom. The molecule has 0 unspecified atom stereocenters. The Morgan fingerprint density at radius 3 is 2.09 bits per heavy atom. The third-order valence-corrected chi connectivity index (χ3v) is 11.3. The summed E-state index contributed by atoms with van der Waals surface area (Å²) in [4.78, 5) is 34.7. The van der Waals surface area contributed by atoms with Crippen molar-refractivity contribution in [3.8, 4) is 45.0 Å². The fourth-order valence-electron chi connectivity index (χ4n) is 7.87. The van der Waals surface area contributed by atoms with Crippen LogP contribution in [0, 0.1) is 0 Å². The molecule has 1 aliphatic heterocycles. The van der Waals surface area contributed by atoms with E-state index < -0.39 is 11.5 Å². The van der Waals surface area contributed by atoms with Gasteiger partial charge in [-0.2, -0.15) is 0 Å². The molecule has 0 radical (unpaired) electrons. The van der Waals surface area contributed by atoms with Gasteiger partial charge in [0, 0.05) is 77.9 Å². The molecule has 55 heavy (non-hydrogen) atoms. The molecule has 13 heteroatoms. The van der Waals surface area contributed by atoms with Crippen LogP contribution in [0.1, 0.15) is 40.2 Å². The number of pyridine rings is 2. The quantitative estimate of drug-likeness (QED) is 0.133. The highest BCUT2D eigenvalue weighted by molar-refractivity contribution is 6.41. The Hall–Kier alpha value is -4.97. The summed E-state index contributed by atoms with van der Waals surface area (Å²) in [5, 5.41) is 10.8. The summed E-state index contributed by atoms with van der Waals surface area (Å²) in [6.45, 7) is 12.0. The number of nitrogens with zero attached hydrogens (tertiary/aromatic N) is 4. The van der Waals surface area contributed by atoms with E-state index in [9.17, 15) is 14.7 Å². The number of aromatic nitrogens is 2. The molecule has 290 valence electrons. The summed E-state index contributed by atoms with van der Waals surface area (Å²) in [7, 11) is 4.66. The van der Waals surface area contributed by atoms with Crippen molar-refractivity contribution in [2.24, 2.45) is 0 Å². The van der Waals surface area contributed by atoms with Crippen LogP contribution in [0.25, 0.3) is 44.4 Å². The maximum atomic E-state index is 14.2. The van der Waals surface area contributed by atoms with E-state index in [1.165, 1.54) is 19.1 Å². The Kier molecular flexibility index (Phi) is 11.3. The van der Waals surface area contributed by atoms with Gasteiger partial charge in [0.1, 0.15) is 11.5 Å². The summed E-state index contributed by atoms with van der Waals surface area (Å²) < 4.78 is 18.3. The Balaban J connectivity index is 1.44. The monoisotopic (exact) mass is 787 g/mol. The number of halogens is 2. The number of rotatable bonds is 10. The highest BCUT2D eigenvalue weighted by Gasteiger charge is 2.33. The lowest BCUT2D eigenvalue weighted by Crippen LogP contribution is -2.58. The molecule has 0 spiro atoms. The standard InChI is InChI=1S/C42H47Cl2N5O6/c1-9-48-34-17-33(46-19-26(34)14-30(40(48)50)37-38(43)35(54-7)18-36(55-8)39(37)44)29-16-32(45)28(15-31(29)42(4,5)22-53-6)25-10-12-27(13-11-25)47-20-23(2)49(41(51)52)24(3)21-47/h10-19,23-24H,9,20-22,45H2,1-8H3,(H,51,52)/t23-,24+. The molecule has 6 rings (SSSR count). The van der Waals surface area contributed by atoms with E-state index in [0.717, 1.165) is 27.9 Å². The van der Waals surface area contributed by atoms with Crippen molar-refractivity contribution in [1.82, 2.24) is 14.5 Å². The predicted octanol–water partition coefficient (Wildman–Crippen LogP) is 8.82. The normalized spacial score (nSPS) is 16.1. The van der Waals surface area contributed by atoms with Crippen LogP contribution in [0.4, 0.5) is 16.2 Å². The minimum atomic E-state index is -0.893. The van der Waals surface area contributed by atoms with Gasteiger partial charge in [-0.05, 0) is 68.3 Å². The van der Waals surface area contributed by atoms with Crippen molar-refractivity contribution in [2.75, 3.05) is 51.7 Å². The number of hydrogen-bond acceptors (Lipinski definition) is 8. The van der Waals surface area contributed by atoms with E-state index >= 15 is 0 Å². The number of amides is 1. The molecule has 3 aromatic carbocycles. The Morgan fingerprint density at radius 2 is 1.55 bits per heavy atom. The predicted molar refractivity (Wildman–Crippen MR) is 221 cm³/mol. The van der Waals surface area contributed by atoms with Gasteiger partial charge >= 0.3 is 6.09 Å². The SMILES string of the molecule is CCn1c(=O)c(-c2c(Cl)c(OC)cc(OC)c2Cl)cc2cnc(-c3cc(N)c(-c4ccc(N5C[C@@H](C)N(C(=O)O)[C@@H](C)C5)cc4)cc3C(C)(C)COC)cc21. The number of piperazine rings is 1. The Bertz CT molecular complexity index is 2290. The second kappa shape index (κ2) is 15.6. The first-order chi connectivity index (χ1) is 26.1. The van der Waals surface area contributed by atoms with Crippen LogP contribution in [0.15, 0.2) is 65.6 Å². The van der Waals surface area contributed by atoms with Crippen molar-refractivity contribution in [1.29, 1.82) is 0 Å². The summed E-state index contributed by atoms with van der Waals surface area (Å²) in [5.41, 5.74) is 13.3. The third-order valence-electron chi connectivity index (χ3n) is 10.5. The number of methoxy groups -OCH3 is 3. The van der Waals surface area contributed by atoms with E-state index in [1.54, 1.807) is 30.0 Å². The van der Waals surface area contributed by atoms with Crippen molar-refractivity contribution in [3.05, 3.63) is 86.8 Å². The first-order valence-corrected chi connectivity index (χ1v) is 18.8. The van der Waals surface area contributed by atoms with E-state index in [4.69, 9.17) is 48.1 Å². The van der Waals surface area contributed by atoms with Crippen molar-refractivity contribution in [2.45, 2.75) is 58.7 Å². The van der Waals surface area contributed by atoms with Crippen LogP contribution < -0.4 is 25.7 Å². The van der Waals surface area contributed by atoms with Gasteiger partial charge in [0.15, 0.2) is 0 Å². The van der Waals surface area contributed by atoms with Crippen LogP contribution in [0.5, 0.6) is 11.5 Å². The molecular formula is C42H47Cl2N5O6. The molecule has 0 aliphatic carbocycles. The molecule has 1 aliphatic rings. The smallest absolute Gasteiger partial charge is 0.407 e. The minimum absolute atomic E-state index is 0.137. The van der Waals surface area contributed by atoms with E-state index in [2.05, 4.69) is 49.1 Å². The molecule has 11 nitrogen and oxygen atoms in total. The summed E-state index contributed by atoms with van der Waals surface area (Å²) in [5.74, 6) is 0.662. The molecule has 1 amide bonds. The number of carboxylic acid groups (broad SMARTS) is 1. The van der Waals surface area contributed by atoms with Gasteiger partial charge in [-0.25, -0.2) is 4.79 Å². The van der Waals surface area contributed by atoms with Crippen molar-refractivity contribution >= 4 is 51.6 Å². The maximum absolute atomic E-state index is 14.2. The molecule has 2 atom stereocenters. The zero-order valence-electron chi connectivity index (χ0n) is 32.4. The summed E-state index contributed by atoms with van der Waals surface area (Å²) in [6, 6.07) is 17.3. The number of fused-ring (bicyclic) bond motifs is 1. The molecule has 0 bridgehead atoms. The summed E-state index contributed by atoms with van der Waals surface area (Å²) >= 11 is 13.5. The minimum Gasteiger partial charge on any atom is -0.495 e. The fraction of sp³-hybridized carbons (Fsp3) is 0.357. The highest BCUT2D eigenvalue weighted by atomic mass is 35.5. The number of benzene rings is 3. The summed E-state index contributed by atoms with van der Waals surface area (Å²) in [6.07, 6.45) is 0.850. The van der Waals surface area contributed by atoms with Crippen LogP contribution in [-0.4, -0.2) is 78.8 Å². The van der Waals surface area contributed by atoms with Crippen LogP contribution >= 0.6 is 23.2 Å². The first-order valence-electron chi connectivity index (χ1n) is 18.1. The van der Waals surface area contributed by atoms with Crippen LogP contribution in [0.3, 0.4) is 0 Å². The van der Waals surface area contributed by atoms with Gasteiger partial charge in [-0.1, -0.05) is 49.2 Å². The van der Waals surface area contributed by atoms with Crippen molar-refractivity contribution in [3.63, 3.8) is 0 Å². The molecule has 3 N–H and O–H groups in total. The van der Waals surface area contributed by atoms with Crippen LogP contribution in [-0.2, 0) is 16.7 Å². The van der Waals surface area contributed by atoms with E-state index in [0.29, 0.717) is 71.2 Å². The molecule has 2 aromatic heterocycles. The first kappa shape index (κ1) is 39.7. The largest absolute Gasteiger partial charge is 0.495 e. The lowest BCUT2D eigenvalue weighted by Gasteiger charge is -2.43. The van der Waals surface area contributed by atoms with Crippen molar-refractivity contribution < 1.29 is 24.1 Å². The van der Waals surface area contributed by atoms with Gasteiger partial charge in [0.2, 0.25) is 0 Å².